The quantitative estimate of drug-likeness (QED) is 0.791. The van der Waals surface area contributed by atoms with Gasteiger partial charge in [-0.1, -0.05) is 0 Å². The first-order valence-corrected chi connectivity index (χ1v) is 6.17. The Balaban J connectivity index is 3.15. The molecule has 2 atom stereocenters. The van der Waals surface area contributed by atoms with Crippen LogP contribution in [-0.2, 0) is 0 Å². The highest BCUT2D eigenvalue weighted by Crippen LogP contribution is 2.45. The second kappa shape index (κ2) is 6.72. The molecule has 0 saturated heterocycles. The molecule has 1 N–H and O–H groups in total. The van der Waals surface area contributed by atoms with Gasteiger partial charge < -0.3 is 9.84 Å². The number of alkyl halides is 6. The van der Waals surface area contributed by atoms with E-state index in [1.54, 1.807) is 0 Å². The first kappa shape index (κ1) is 18.5. The van der Waals surface area contributed by atoms with Gasteiger partial charge in [0, 0.05) is 12.0 Å². The maximum absolute atomic E-state index is 13.6. The summed E-state index contributed by atoms with van der Waals surface area (Å²) in [6.45, 7) is 1.54. The molecule has 1 rings (SSSR count). The molecule has 22 heavy (non-hydrogen) atoms. The van der Waals surface area contributed by atoms with Crippen LogP contribution in [0.2, 0.25) is 0 Å². The Morgan fingerprint density at radius 2 is 1.77 bits per heavy atom. The van der Waals surface area contributed by atoms with Crippen molar-refractivity contribution in [2.45, 2.75) is 37.7 Å². The second-order valence-electron chi connectivity index (χ2n) is 4.50. The van der Waals surface area contributed by atoms with Gasteiger partial charge in [-0.15, -0.1) is 0 Å². The Morgan fingerprint density at radius 3 is 2.23 bits per heavy atom. The lowest BCUT2D eigenvalue weighted by molar-refractivity contribution is -0.276. The normalized spacial score (nSPS) is 16.5. The summed E-state index contributed by atoms with van der Waals surface area (Å²) in [5.74, 6) is -1.15. The zero-order valence-electron chi connectivity index (χ0n) is 11.3. The third-order valence-corrected chi connectivity index (χ3v) is 2.94. The maximum Gasteiger partial charge on any atom is 0.428 e. The van der Waals surface area contributed by atoms with Gasteiger partial charge >= 0.3 is 6.18 Å². The van der Waals surface area contributed by atoms with Gasteiger partial charge in [0.1, 0.15) is 11.6 Å². The van der Waals surface area contributed by atoms with E-state index in [9.17, 15) is 35.8 Å². The van der Waals surface area contributed by atoms with Crippen LogP contribution in [0.3, 0.4) is 0 Å². The Hall–Kier alpha value is -1.51. The van der Waals surface area contributed by atoms with Crippen LogP contribution in [0.15, 0.2) is 18.2 Å². The summed E-state index contributed by atoms with van der Waals surface area (Å²) < 4.78 is 94.1. The van der Waals surface area contributed by atoms with E-state index in [1.165, 1.54) is 6.92 Å². The largest absolute Gasteiger partial charge is 0.493 e. The van der Waals surface area contributed by atoms with Crippen LogP contribution in [0.25, 0.3) is 0 Å². The van der Waals surface area contributed by atoms with Gasteiger partial charge in [-0.05, 0) is 25.1 Å². The Kier molecular flexibility index (Phi) is 5.66. The summed E-state index contributed by atoms with van der Waals surface area (Å²) in [6.07, 6.45) is -14.6. The Bertz CT molecular complexity index is 504. The van der Waals surface area contributed by atoms with Crippen molar-refractivity contribution in [3.8, 4) is 5.75 Å². The zero-order valence-corrected chi connectivity index (χ0v) is 11.3. The molecule has 0 heterocycles. The van der Waals surface area contributed by atoms with E-state index in [4.69, 9.17) is 4.74 Å². The lowest BCUT2D eigenvalue weighted by Gasteiger charge is -2.29. The third kappa shape index (κ3) is 3.82. The van der Waals surface area contributed by atoms with E-state index in [-0.39, 0.29) is 12.4 Å². The molecule has 1 aromatic carbocycles. The summed E-state index contributed by atoms with van der Waals surface area (Å²) >= 11 is 0. The van der Waals surface area contributed by atoms with E-state index >= 15 is 0 Å². The minimum absolute atomic E-state index is 0.0280. The summed E-state index contributed by atoms with van der Waals surface area (Å²) in [7, 11) is 0. The zero-order chi connectivity index (χ0) is 17.1. The predicted molar refractivity (Wildman–Crippen MR) is 63.0 cm³/mol. The molecule has 0 spiro atoms. The monoisotopic (exact) mass is 334 g/mol. The minimum Gasteiger partial charge on any atom is -0.493 e. The number of rotatable bonds is 6. The van der Waals surface area contributed by atoms with Gasteiger partial charge in [-0.25, -0.2) is 17.6 Å². The van der Waals surface area contributed by atoms with Gasteiger partial charge in [0.15, 0.2) is 0 Å². The highest BCUT2D eigenvalue weighted by molar-refractivity contribution is 5.36. The Labute approximate surface area is 121 Å². The number of hydrogen-bond donors (Lipinski definition) is 1. The number of aliphatic hydroxyl groups excluding tert-OH is 1. The Morgan fingerprint density at radius 1 is 1.18 bits per heavy atom. The maximum atomic E-state index is 13.6. The fourth-order valence-corrected chi connectivity index (χ4v) is 1.79. The van der Waals surface area contributed by atoms with Crippen LogP contribution in [0.1, 0.15) is 25.0 Å². The molecule has 0 aliphatic heterocycles. The van der Waals surface area contributed by atoms with E-state index < -0.39 is 42.2 Å². The van der Waals surface area contributed by atoms with Crippen LogP contribution in [0.5, 0.6) is 5.75 Å². The van der Waals surface area contributed by atoms with Gasteiger partial charge in [-0.3, -0.25) is 0 Å². The molecule has 1 aromatic rings. The molecule has 0 aliphatic rings. The fraction of sp³-hybridized carbons (Fsp3) is 0.538. The summed E-state index contributed by atoms with van der Waals surface area (Å²) in [5, 5.41) is 9.68. The molecule has 9 heteroatoms. The van der Waals surface area contributed by atoms with Crippen LogP contribution in [0, 0.1) is 5.82 Å². The van der Waals surface area contributed by atoms with Crippen molar-refractivity contribution in [3.63, 3.8) is 0 Å². The van der Waals surface area contributed by atoms with Gasteiger partial charge in [-0.2, -0.15) is 13.2 Å². The molecule has 0 radical (unpaired) electrons. The first-order valence-electron chi connectivity index (χ1n) is 6.17. The van der Waals surface area contributed by atoms with Gasteiger partial charge in [0.25, 0.3) is 12.1 Å². The standard InChI is InChI=1S/C13H13F7O2/c1-2-22-10-4-3-7(14)5-8(10)9(21)6-12(17,11(15)16)13(18,19)20/h3-5,9,11,21H,2,6H2,1H3. The van der Waals surface area contributed by atoms with Crippen LogP contribution < -0.4 is 4.74 Å². The average molecular weight is 334 g/mol. The van der Waals surface area contributed by atoms with Crippen LogP contribution in [-0.4, -0.2) is 30.0 Å². The number of halogens is 7. The first-order chi connectivity index (χ1) is 10.0. The molecule has 0 aliphatic carbocycles. The molecule has 2 nitrogen and oxygen atoms in total. The average Bonchev–Trinajstić information content (AvgIpc) is 2.39. The molecule has 0 aromatic heterocycles. The van der Waals surface area contributed by atoms with Crippen molar-refractivity contribution in [2.75, 3.05) is 6.61 Å². The number of aliphatic hydroxyl groups is 1. The number of ether oxygens (including phenoxy) is 1. The SMILES string of the molecule is CCOc1ccc(F)cc1C(O)CC(F)(C(F)F)C(F)(F)F. The van der Waals surface area contributed by atoms with Crippen molar-refractivity contribution < 1.29 is 40.6 Å². The topological polar surface area (TPSA) is 29.5 Å². The summed E-state index contributed by atoms with van der Waals surface area (Å²) in [5.41, 5.74) is -5.45. The lowest BCUT2D eigenvalue weighted by atomic mass is 9.93. The minimum atomic E-state index is -5.89. The highest BCUT2D eigenvalue weighted by Gasteiger charge is 2.63. The molecule has 0 bridgehead atoms. The predicted octanol–water partition coefficient (Wildman–Crippen LogP) is 4.18. The number of hydrogen-bond acceptors (Lipinski definition) is 2. The van der Waals surface area contributed by atoms with Crippen molar-refractivity contribution in [1.29, 1.82) is 0 Å². The van der Waals surface area contributed by atoms with Crippen LogP contribution >= 0.6 is 0 Å². The van der Waals surface area contributed by atoms with Crippen LogP contribution in [0.4, 0.5) is 30.7 Å². The lowest BCUT2D eigenvalue weighted by Crippen LogP contribution is -2.48. The van der Waals surface area contributed by atoms with E-state index in [1.807, 2.05) is 0 Å². The molecular formula is C13H13F7O2. The third-order valence-electron chi connectivity index (χ3n) is 2.94. The molecular weight excluding hydrogens is 321 g/mol. The smallest absolute Gasteiger partial charge is 0.428 e. The highest BCUT2D eigenvalue weighted by atomic mass is 19.4. The van der Waals surface area contributed by atoms with Gasteiger partial charge in [0.2, 0.25) is 0 Å². The van der Waals surface area contributed by atoms with Crippen molar-refractivity contribution in [1.82, 2.24) is 0 Å². The molecule has 0 saturated carbocycles. The number of benzene rings is 1. The van der Waals surface area contributed by atoms with Crippen molar-refractivity contribution >= 4 is 0 Å². The van der Waals surface area contributed by atoms with Gasteiger partial charge in [0.05, 0.1) is 12.7 Å². The second-order valence-corrected chi connectivity index (χ2v) is 4.50. The fourth-order valence-electron chi connectivity index (χ4n) is 1.79. The molecule has 0 fully saturated rings. The molecule has 0 amide bonds. The summed E-state index contributed by atoms with van der Waals surface area (Å²) in [6, 6.07) is 2.52. The van der Waals surface area contributed by atoms with E-state index in [0.717, 1.165) is 12.1 Å². The molecule has 2 unspecified atom stereocenters. The van der Waals surface area contributed by atoms with E-state index in [0.29, 0.717) is 6.07 Å². The molecule has 126 valence electrons. The van der Waals surface area contributed by atoms with E-state index in [2.05, 4.69) is 0 Å². The summed E-state index contributed by atoms with van der Waals surface area (Å²) in [4.78, 5) is 0. The van der Waals surface area contributed by atoms with Crippen molar-refractivity contribution in [3.05, 3.63) is 29.6 Å². The van der Waals surface area contributed by atoms with Crippen molar-refractivity contribution in [2.24, 2.45) is 0 Å².